The van der Waals surface area contributed by atoms with E-state index in [9.17, 15) is 5.11 Å². The van der Waals surface area contributed by atoms with Gasteiger partial charge in [-0.15, -0.1) is 0 Å². The maximum absolute atomic E-state index is 9.58. The standard InChI is InChI=1S/C10H10ClN3O2/c1-6-13-10(16-14-6)12-5-7-8(11)3-2-4-9(7)15/h2-4,15H,5H2,1H3,(H,12,13,14). The van der Waals surface area contributed by atoms with Crippen LogP contribution < -0.4 is 5.32 Å². The molecule has 1 aromatic carbocycles. The fraction of sp³-hybridized carbons (Fsp3) is 0.200. The van der Waals surface area contributed by atoms with Crippen molar-refractivity contribution in [3.05, 3.63) is 34.6 Å². The molecule has 0 aliphatic heterocycles. The maximum Gasteiger partial charge on any atom is 0.321 e. The Labute approximate surface area is 97.1 Å². The minimum atomic E-state index is 0.135. The van der Waals surface area contributed by atoms with Crippen LogP contribution in [0.25, 0.3) is 0 Å². The van der Waals surface area contributed by atoms with Crippen molar-refractivity contribution in [1.82, 2.24) is 10.1 Å². The number of nitrogens with one attached hydrogen (secondary N) is 1. The summed E-state index contributed by atoms with van der Waals surface area (Å²) in [4.78, 5) is 3.97. The molecule has 5 nitrogen and oxygen atoms in total. The van der Waals surface area contributed by atoms with Crippen LogP contribution in [0.1, 0.15) is 11.4 Å². The van der Waals surface area contributed by atoms with Crippen LogP contribution in [0.4, 0.5) is 6.01 Å². The molecule has 0 aliphatic carbocycles. The average molecular weight is 240 g/mol. The average Bonchev–Trinajstić information content (AvgIpc) is 2.63. The minimum absolute atomic E-state index is 0.135. The summed E-state index contributed by atoms with van der Waals surface area (Å²) in [6.07, 6.45) is 0. The molecule has 0 unspecified atom stereocenters. The van der Waals surface area contributed by atoms with E-state index in [4.69, 9.17) is 16.1 Å². The lowest BCUT2D eigenvalue weighted by Crippen LogP contribution is -2.00. The highest BCUT2D eigenvalue weighted by atomic mass is 35.5. The van der Waals surface area contributed by atoms with E-state index in [2.05, 4.69) is 15.5 Å². The number of rotatable bonds is 3. The van der Waals surface area contributed by atoms with E-state index in [1.807, 2.05) is 0 Å². The summed E-state index contributed by atoms with van der Waals surface area (Å²) in [5.41, 5.74) is 0.597. The van der Waals surface area contributed by atoms with Crippen LogP contribution in [0.5, 0.6) is 5.75 Å². The number of hydrogen-bond donors (Lipinski definition) is 2. The lowest BCUT2D eigenvalue weighted by molar-refractivity contribution is 0.424. The summed E-state index contributed by atoms with van der Waals surface area (Å²) in [5.74, 6) is 0.683. The van der Waals surface area contributed by atoms with Crippen LogP contribution in [-0.4, -0.2) is 15.2 Å². The quantitative estimate of drug-likeness (QED) is 0.860. The molecule has 0 fully saturated rings. The molecule has 2 rings (SSSR count). The minimum Gasteiger partial charge on any atom is -0.508 e. The smallest absolute Gasteiger partial charge is 0.321 e. The molecule has 84 valence electrons. The first-order valence-corrected chi connectivity index (χ1v) is 5.05. The molecule has 0 amide bonds. The van der Waals surface area contributed by atoms with Crippen molar-refractivity contribution < 1.29 is 9.63 Å². The van der Waals surface area contributed by atoms with Gasteiger partial charge in [-0.25, -0.2) is 0 Å². The molecule has 0 aliphatic rings. The summed E-state index contributed by atoms with van der Waals surface area (Å²) in [6.45, 7) is 2.05. The first-order chi connectivity index (χ1) is 7.66. The number of aromatic nitrogens is 2. The molecule has 0 saturated heterocycles. The third kappa shape index (κ3) is 2.25. The van der Waals surface area contributed by atoms with Crippen LogP contribution in [0.2, 0.25) is 5.02 Å². The molecular formula is C10H10ClN3O2. The number of halogens is 1. The number of nitrogens with zero attached hydrogens (tertiary/aromatic N) is 2. The summed E-state index contributed by atoms with van der Waals surface area (Å²) in [5, 5.41) is 16.6. The second kappa shape index (κ2) is 4.40. The summed E-state index contributed by atoms with van der Waals surface area (Å²) in [7, 11) is 0. The van der Waals surface area contributed by atoms with Gasteiger partial charge < -0.3 is 14.9 Å². The first kappa shape index (κ1) is 10.8. The van der Waals surface area contributed by atoms with Crippen molar-refractivity contribution >= 4 is 17.6 Å². The SMILES string of the molecule is Cc1noc(NCc2c(O)cccc2Cl)n1. The lowest BCUT2D eigenvalue weighted by atomic mass is 10.2. The highest BCUT2D eigenvalue weighted by Gasteiger charge is 2.07. The van der Waals surface area contributed by atoms with Gasteiger partial charge in [0.2, 0.25) is 0 Å². The largest absolute Gasteiger partial charge is 0.508 e. The van der Waals surface area contributed by atoms with Crippen molar-refractivity contribution in [3.8, 4) is 5.75 Å². The van der Waals surface area contributed by atoms with E-state index < -0.39 is 0 Å². The molecule has 0 saturated carbocycles. The second-order valence-electron chi connectivity index (χ2n) is 3.24. The summed E-state index contributed by atoms with van der Waals surface area (Å²) >= 11 is 5.93. The monoisotopic (exact) mass is 239 g/mol. The van der Waals surface area contributed by atoms with Crippen molar-refractivity contribution in [1.29, 1.82) is 0 Å². The molecule has 0 radical (unpaired) electrons. The van der Waals surface area contributed by atoms with E-state index >= 15 is 0 Å². The van der Waals surface area contributed by atoms with Crippen molar-refractivity contribution in [2.24, 2.45) is 0 Å². The van der Waals surface area contributed by atoms with Gasteiger partial charge >= 0.3 is 6.01 Å². The number of benzene rings is 1. The summed E-state index contributed by atoms with van der Waals surface area (Å²) < 4.78 is 4.87. The number of aromatic hydroxyl groups is 1. The number of hydrogen-bond acceptors (Lipinski definition) is 5. The second-order valence-corrected chi connectivity index (χ2v) is 3.65. The Kier molecular flexibility index (Phi) is 2.96. The number of aryl methyl sites for hydroxylation is 1. The number of phenols is 1. The number of phenolic OH excluding ortho intramolecular Hbond substituents is 1. The van der Waals surface area contributed by atoms with E-state index in [1.54, 1.807) is 25.1 Å². The molecule has 1 aromatic heterocycles. The van der Waals surface area contributed by atoms with Crippen LogP contribution in [0.3, 0.4) is 0 Å². The fourth-order valence-electron chi connectivity index (χ4n) is 1.26. The first-order valence-electron chi connectivity index (χ1n) is 4.67. The Morgan fingerprint density at radius 3 is 2.94 bits per heavy atom. The Balaban J connectivity index is 2.10. The predicted octanol–water partition coefficient (Wildman–Crippen LogP) is 2.35. The molecule has 0 spiro atoms. The Morgan fingerprint density at radius 2 is 2.31 bits per heavy atom. The maximum atomic E-state index is 9.58. The zero-order chi connectivity index (χ0) is 11.5. The van der Waals surface area contributed by atoms with Crippen molar-refractivity contribution in [2.75, 3.05) is 5.32 Å². The third-order valence-corrected chi connectivity index (χ3v) is 2.39. The molecule has 1 heterocycles. The molecule has 0 bridgehead atoms. The van der Waals surface area contributed by atoms with Crippen LogP contribution in [0.15, 0.2) is 22.7 Å². The van der Waals surface area contributed by atoms with Gasteiger partial charge in [0.15, 0.2) is 5.82 Å². The van der Waals surface area contributed by atoms with Crippen LogP contribution in [0, 0.1) is 6.92 Å². The van der Waals surface area contributed by atoms with Crippen LogP contribution in [-0.2, 0) is 6.54 Å². The highest BCUT2D eigenvalue weighted by molar-refractivity contribution is 6.31. The van der Waals surface area contributed by atoms with Crippen LogP contribution >= 0.6 is 11.6 Å². The van der Waals surface area contributed by atoms with E-state index in [1.165, 1.54) is 0 Å². The predicted molar refractivity (Wildman–Crippen MR) is 59.5 cm³/mol. The van der Waals surface area contributed by atoms with E-state index in [-0.39, 0.29) is 5.75 Å². The molecule has 0 atom stereocenters. The van der Waals surface area contributed by atoms with Gasteiger partial charge in [-0.05, 0) is 19.1 Å². The van der Waals surface area contributed by atoms with Gasteiger partial charge in [0, 0.05) is 17.1 Å². The normalized spacial score (nSPS) is 10.4. The third-order valence-electron chi connectivity index (χ3n) is 2.04. The van der Waals surface area contributed by atoms with Crippen molar-refractivity contribution in [2.45, 2.75) is 13.5 Å². The van der Waals surface area contributed by atoms with Gasteiger partial charge in [0.1, 0.15) is 5.75 Å². The zero-order valence-corrected chi connectivity index (χ0v) is 9.32. The van der Waals surface area contributed by atoms with E-state index in [0.29, 0.717) is 29.0 Å². The van der Waals surface area contributed by atoms with Gasteiger partial charge in [-0.3, -0.25) is 0 Å². The molecule has 2 aromatic rings. The Morgan fingerprint density at radius 1 is 1.50 bits per heavy atom. The lowest BCUT2D eigenvalue weighted by Gasteiger charge is -2.06. The zero-order valence-electron chi connectivity index (χ0n) is 8.57. The Bertz CT molecular complexity index is 478. The van der Waals surface area contributed by atoms with Gasteiger partial charge in [-0.1, -0.05) is 22.8 Å². The van der Waals surface area contributed by atoms with Gasteiger partial charge in [0.05, 0.1) is 0 Å². The van der Waals surface area contributed by atoms with Gasteiger partial charge in [-0.2, -0.15) is 4.98 Å². The number of anilines is 1. The molecule has 2 N–H and O–H groups in total. The molecular weight excluding hydrogens is 230 g/mol. The van der Waals surface area contributed by atoms with Gasteiger partial charge in [0.25, 0.3) is 0 Å². The molecule has 6 heteroatoms. The fourth-order valence-corrected chi connectivity index (χ4v) is 1.49. The summed E-state index contributed by atoms with van der Waals surface area (Å²) in [6, 6.07) is 5.26. The molecule has 16 heavy (non-hydrogen) atoms. The van der Waals surface area contributed by atoms with Crippen molar-refractivity contribution in [3.63, 3.8) is 0 Å². The van der Waals surface area contributed by atoms with E-state index in [0.717, 1.165) is 0 Å². The topological polar surface area (TPSA) is 71.2 Å². The highest BCUT2D eigenvalue weighted by Crippen LogP contribution is 2.25. The Hall–Kier alpha value is -1.75.